The highest BCUT2D eigenvalue weighted by Crippen LogP contribution is 2.33. The molecule has 2 amide bonds. The average molecular weight is 413 g/mol. The molecule has 2 heterocycles. The normalized spacial score (nSPS) is 13.9. The predicted octanol–water partition coefficient (Wildman–Crippen LogP) is 4.36. The number of hydrogen-bond acceptors (Lipinski definition) is 6. The molecule has 0 saturated heterocycles. The molecule has 8 heteroatoms. The molecule has 4 rings (SSSR count). The van der Waals surface area contributed by atoms with Crippen molar-refractivity contribution >= 4 is 23.4 Å². The molecule has 1 fully saturated rings. The monoisotopic (exact) mass is 413 g/mol. The molecule has 3 N–H and O–H groups in total. The number of nitrogen functional groups attached to an aromatic ring is 1. The van der Waals surface area contributed by atoms with Gasteiger partial charge in [-0.1, -0.05) is 37.5 Å². The van der Waals surface area contributed by atoms with E-state index in [-0.39, 0.29) is 12.1 Å². The zero-order chi connectivity index (χ0) is 21.6. The largest absolute Gasteiger partial charge is 0.396 e. The van der Waals surface area contributed by atoms with Gasteiger partial charge in [-0.15, -0.1) is 0 Å². The summed E-state index contributed by atoms with van der Waals surface area (Å²) in [5.41, 5.74) is 8.50. The Morgan fingerprint density at radius 1 is 1.13 bits per heavy atom. The molecule has 1 aliphatic carbocycles. The van der Waals surface area contributed by atoms with Crippen molar-refractivity contribution in [3.63, 3.8) is 0 Å². The number of urea groups is 1. The number of nitrogens with one attached hydrogen (secondary N) is 1. The molecular weight excluding hydrogens is 390 g/mol. The first-order valence-electron chi connectivity index (χ1n) is 10.3. The highest BCUT2D eigenvalue weighted by atomic mass is 16.2. The SMILES string of the molecule is N#Cc1ccccc1-c1ccc(N)c(N(C(=O)Nc2cnccn2)C2CCCCC2)n1. The van der Waals surface area contributed by atoms with E-state index in [1.807, 2.05) is 18.2 Å². The minimum absolute atomic E-state index is 0.0262. The number of rotatable bonds is 4. The number of nitriles is 1. The van der Waals surface area contributed by atoms with Crippen LogP contribution < -0.4 is 16.0 Å². The van der Waals surface area contributed by atoms with Crippen molar-refractivity contribution < 1.29 is 4.79 Å². The summed E-state index contributed by atoms with van der Waals surface area (Å²) in [5, 5.41) is 12.3. The minimum atomic E-state index is -0.350. The van der Waals surface area contributed by atoms with Crippen LogP contribution in [-0.4, -0.2) is 27.0 Å². The van der Waals surface area contributed by atoms with Crippen LogP contribution in [0.25, 0.3) is 11.3 Å². The number of carbonyl (C=O) groups is 1. The van der Waals surface area contributed by atoms with Gasteiger partial charge in [0.05, 0.1) is 29.2 Å². The molecule has 8 nitrogen and oxygen atoms in total. The summed E-state index contributed by atoms with van der Waals surface area (Å²) < 4.78 is 0. The van der Waals surface area contributed by atoms with Crippen molar-refractivity contribution in [2.45, 2.75) is 38.1 Å². The smallest absolute Gasteiger partial charge is 0.329 e. The Morgan fingerprint density at radius 2 is 1.94 bits per heavy atom. The molecular formula is C23H23N7O. The number of carbonyl (C=O) groups excluding carboxylic acids is 1. The van der Waals surface area contributed by atoms with Gasteiger partial charge in [-0.3, -0.25) is 15.2 Å². The molecule has 0 bridgehead atoms. The lowest BCUT2D eigenvalue weighted by atomic mass is 9.94. The lowest BCUT2D eigenvalue weighted by molar-refractivity contribution is 0.252. The standard InChI is InChI=1S/C23H23N7O/c24-14-16-6-4-5-9-18(16)20-11-10-19(25)22(28-20)30(17-7-2-1-3-8-17)23(31)29-21-15-26-12-13-27-21/h4-6,9-13,15,17H,1-3,7-8,25H2,(H,27,29,31). The highest BCUT2D eigenvalue weighted by Gasteiger charge is 2.30. The summed E-state index contributed by atoms with van der Waals surface area (Å²) in [7, 11) is 0. The Kier molecular flexibility index (Phi) is 6.03. The fraction of sp³-hybridized carbons (Fsp3) is 0.261. The number of nitrogens with zero attached hydrogens (tertiary/aromatic N) is 5. The predicted molar refractivity (Wildman–Crippen MR) is 119 cm³/mol. The number of nitrogens with two attached hydrogens (primary N) is 1. The number of hydrogen-bond donors (Lipinski definition) is 2. The van der Waals surface area contributed by atoms with Crippen LogP contribution in [0.1, 0.15) is 37.7 Å². The van der Waals surface area contributed by atoms with Crippen molar-refractivity contribution in [2.75, 3.05) is 16.0 Å². The van der Waals surface area contributed by atoms with Crippen LogP contribution in [0.3, 0.4) is 0 Å². The first-order valence-corrected chi connectivity index (χ1v) is 10.3. The molecule has 3 aromatic rings. The van der Waals surface area contributed by atoms with E-state index in [0.29, 0.717) is 34.1 Å². The maximum absolute atomic E-state index is 13.3. The Labute approximate surface area is 180 Å². The number of aromatic nitrogens is 3. The lowest BCUT2D eigenvalue weighted by Gasteiger charge is -2.34. The molecule has 0 spiro atoms. The zero-order valence-electron chi connectivity index (χ0n) is 17.0. The van der Waals surface area contributed by atoms with Gasteiger partial charge < -0.3 is 5.73 Å². The van der Waals surface area contributed by atoms with Crippen molar-refractivity contribution in [2.24, 2.45) is 0 Å². The third-order valence-electron chi connectivity index (χ3n) is 5.41. The molecule has 0 atom stereocenters. The third-order valence-corrected chi connectivity index (χ3v) is 5.41. The maximum Gasteiger partial charge on any atom is 0.329 e. The summed E-state index contributed by atoms with van der Waals surface area (Å²) in [5.74, 6) is 0.747. The molecule has 0 unspecified atom stereocenters. The number of pyridine rings is 1. The van der Waals surface area contributed by atoms with Crippen LogP contribution in [0.5, 0.6) is 0 Å². The van der Waals surface area contributed by atoms with Crippen molar-refractivity contribution in [1.29, 1.82) is 5.26 Å². The zero-order valence-corrected chi connectivity index (χ0v) is 17.0. The van der Waals surface area contributed by atoms with Crippen LogP contribution in [0.4, 0.5) is 22.1 Å². The van der Waals surface area contributed by atoms with E-state index in [9.17, 15) is 10.1 Å². The molecule has 31 heavy (non-hydrogen) atoms. The van der Waals surface area contributed by atoms with Crippen molar-refractivity contribution in [3.05, 3.63) is 60.6 Å². The molecule has 1 aliphatic rings. The lowest BCUT2D eigenvalue weighted by Crippen LogP contribution is -2.45. The van der Waals surface area contributed by atoms with E-state index in [1.165, 1.54) is 12.4 Å². The van der Waals surface area contributed by atoms with E-state index >= 15 is 0 Å². The fourth-order valence-corrected chi connectivity index (χ4v) is 3.91. The summed E-state index contributed by atoms with van der Waals surface area (Å²) in [6, 6.07) is 12.6. The number of benzene rings is 1. The molecule has 1 saturated carbocycles. The van der Waals surface area contributed by atoms with E-state index < -0.39 is 0 Å². The Balaban J connectivity index is 1.75. The third kappa shape index (κ3) is 4.46. The quantitative estimate of drug-likeness (QED) is 0.655. The van der Waals surface area contributed by atoms with Crippen LogP contribution in [0.2, 0.25) is 0 Å². The van der Waals surface area contributed by atoms with Gasteiger partial charge >= 0.3 is 6.03 Å². The Hall–Kier alpha value is -3.99. The number of anilines is 3. The second kappa shape index (κ2) is 9.22. The minimum Gasteiger partial charge on any atom is -0.396 e. The summed E-state index contributed by atoms with van der Waals surface area (Å²) in [4.78, 5) is 27.9. The summed E-state index contributed by atoms with van der Waals surface area (Å²) in [6.45, 7) is 0. The van der Waals surface area contributed by atoms with Gasteiger partial charge in [-0.05, 0) is 31.0 Å². The van der Waals surface area contributed by atoms with Crippen LogP contribution in [0.15, 0.2) is 55.0 Å². The average Bonchev–Trinajstić information content (AvgIpc) is 2.82. The van der Waals surface area contributed by atoms with Crippen LogP contribution >= 0.6 is 0 Å². The summed E-state index contributed by atoms with van der Waals surface area (Å²) >= 11 is 0. The first-order chi connectivity index (χ1) is 15.2. The van der Waals surface area contributed by atoms with E-state index in [2.05, 4.69) is 21.4 Å². The van der Waals surface area contributed by atoms with Gasteiger partial charge in [-0.2, -0.15) is 5.26 Å². The van der Waals surface area contributed by atoms with E-state index in [1.54, 1.807) is 29.3 Å². The highest BCUT2D eigenvalue weighted by molar-refractivity contribution is 6.03. The van der Waals surface area contributed by atoms with Gasteiger partial charge in [0.15, 0.2) is 11.6 Å². The van der Waals surface area contributed by atoms with Gasteiger partial charge in [0.25, 0.3) is 0 Å². The van der Waals surface area contributed by atoms with Gasteiger partial charge in [0, 0.05) is 24.0 Å². The van der Waals surface area contributed by atoms with Crippen molar-refractivity contribution in [3.8, 4) is 17.3 Å². The van der Waals surface area contributed by atoms with Crippen molar-refractivity contribution in [1.82, 2.24) is 15.0 Å². The fourth-order valence-electron chi connectivity index (χ4n) is 3.91. The summed E-state index contributed by atoms with van der Waals surface area (Å²) in [6.07, 6.45) is 9.52. The molecule has 2 aromatic heterocycles. The van der Waals surface area contributed by atoms with Gasteiger partial charge in [-0.25, -0.2) is 14.8 Å². The van der Waals surface area contributed by atoms with Gasteiger partial charge in [0.1, 0.15) is 0 Å². The maximum atomic E-state index is 13.3. The molecule has 156 valence electrons. The number of amides is 2. The second-order valence-corrected chi connectivity index (χ2v) is 7.45. The molecule has 0 radical (unpaired) electrons. The second-order valence-electron chi connectivity index (χ2n) is 7.45. The molecule has 1 aromatic carbocycles. The van der Waals surface area contributed by atoms with E-state index in [0.717, 1.165) is 32.1 Å². The van der Waals surface area contributed by atoms with Crippen LogP contribution in [0, 0.1) is 11.3 Å². The van der Waals surface area contributed by atoms with E-state index in [4.69, 9.17) is 10.7 Å². The Morgan fingerprint density at radius 3 is 2.68 bits per heavy atom. The molecule has 0 aliphatic heterocycles. The topological polar surface area (TPSA) is 121 Å². The first kappa shape index (κ1) is 20.3. The van der Waals surface area contributed by atoms with Gasteiger partial charge in [0.2, 0.25) is 0 Å². The van der Waals surface area contributed by atoms with Crippen LogP contribution in [-0.2, 0) is 0 Å². The Bertz CT molecular complexity index is 1100.